The summed E-state index contributed by atoms with van der Waals surface area (Å²) in [4.78, 5) is 7.46. The van der Waals surface area contributed by atoms with Gasteiger partial charge in [0, 0.05) is 42.7 Å². The molecule has 1 aromatic carbocycles. The van der Waals surface area contributed by atoms with Crippen molar-refractivity contribution in [1.82, 2.24) is 19.7 Å². The van der Waals surface area contributed by atoms with Crippen LogP contribution >= 0.6 is 0 Å². The summed E-state index contributed by atoms with van der Waals surface area (Å²) in [5.74, 6) is -0.239. The Hall–Kier alpha value is -2.98. The number of aryl methyl sites for hydroxylation is 1. The van der Waals surface area contributed by atoms with E-state index in [0.717, 1.165) is 29.0 Å². The summed E-state index contributed by atoms with van der Waals surface area (Å²) in [7, 11) is 0. The molecular weight excluding hydrogens is 435 g/mol. The summed E-state index contributed by atoms with van der Waals surface area (Å²) in [5.41, 5.74) is 1.69. The van der Waals surface area contributed by atoms with E-state index in [2.05, 4.69) is 20.4 Å². The lowest BCUT2D eigenvalue weighted by molar-refractivity contribution is -0.149. The number of halogens is 3. The van der Waals surface area contributed by atoms with E-state index in [4.69, 9.17) is 4.74 Å². The number of ether oxygens (including phenoxy) is 1. The number of anilines is 2. The highest BCUT2D eigenvalue weighted by Gasteiger charge is 2.39. The van der Waals surface area contributed by atoms with Crippen molar-refractivity contribution < 1.29 is 23.0 Å². The summed E-state index contributed by atoms with van der Waals surface area (Å²) < 4.78 is 46.5. The zero-order valence-corrected chi connectivity index (χ0v) is 18.6. The molecule has 4 rings (SSSR count). The molecule has 2 N–H and O–H groups in total. The van der Waals surface area contributed by atoms with Crippen LogP contribution in [0.1, 0.15) is 31.5 Å². The molecule has 176 valence electrons. The van der Waals surface area contributed by atoms with Crippen LogP contribution < -0.4 is 5.32 Å². The van der Waals surface area contributed by atoms with E-state index in [0.29, 0.717) is 25.3 Å². The van der Waals surface area contributed by atoms with Crippen molar-refractivity contribution >= 4 is 11.6 Å². The molecule has 0 amide bonds. The van der Waals surface area contributed by atoms with Crippen molar-refractivity contribution in [1.29, 1.82) is 0 Å². The van der Waals surface area contributed by atoms with Gasteiger partial charge in [-0.15, -0.1) is 0 Å². The van der Waals surface area contributed by atoms with Gasteiger partial charge in [-0.1, -0.05) is 6.07 Å². The highest BCUT2D eigenvalue weighted by Crippen LogP contribution is 2.33. The van der Waals surface area contributed by atoms with Crippen LogP contribution in [0.4, 0.5) is 24.8 Å². The maximum absolute atomic E-state index is 12.9. The van der Waals surface area contributed by atoms with E-state index in [1.807, 2.05) is 33.0 Å². The number of hydrogen-bond acceptors (Lipinski definition) is 6. The Bertz CT molecular complexity index is 1130. The van der Waals surface area contributed by atoms with E-state index in [9.17, 15) is 18.3 Å². The third-order valence-electron chi connectivity index (χ3n) is 5.87. The molecule has 1 aliphatic heterocycles. The van der Waals surface area contributed by atoms with Crippen LogP contribution in [0.5, 0.6) is 0 Å². The zero-order valence-electron chi connectivity index (χ0n) is 18.6. The minimum absolute atomic E-state index is 0.105. The Morgan fingerprint density at radius 2 is 2.03 bits per heavy atom. The highest BCUT2D eigenvalue weighted by atomic mass is 19.4. The lowest BCUT2D eigenvalue weighted by Crippen LogP contribution is -2.48. The Labute approximate surface area is 189 Å². The molecular formula is C23H26F3N5O2. The SMILES string of the molecule is Cc1cc(Nc2nccc(C(F)(F)F)n2)cc(-c2cnn(CC3[C@@H](O)CCOC3(C)C)c2)c1. The lowest BCUT2D eigenvalue weighted by atomic mass is 9.82. The van der Waals surface area contributed by atoms with Crippen LogP contribution in [0.3, 0.4) is 0 Å². The standard InChI is InChI=1S/C23H26F3N5O2/c1-14-8-15(10-17(9-14)29-21-27-6-4-20(30-21)23(24,25)26)16-11-28-31(12-16)13-18-19(32)5-7-33-22(18,2)3/h4,6,8-12,18-19,32H,5,7,13H2,1-3H3,(H,27,29,30)/t18?,19-/m0/s1. The normalized spacial score (nSPS) is 20.6. The van der Waals surface area contributed by atoms with E-state index >= 15 is 0 Å². The maximum atomic E-state index is 12.9. The van der Waals surface area contributed by atoms with Gasteiger partial charge in [-0.05, 0) is 56.5 Å². The van der Waals surface area contributed by atoms with Crippen LogP contribution in [-0.2, 0) is 17.5 Å². The van der Waals surface area contributed by atoms with Crippen molar-refractivity contribution in [2.75, 3.05) is 11.9 Å². The van der Waals surface area contributed by atoms with E-state index in [-0.39, 0.29) is 11.9 Å². The minimum Gasteiger partial charge on any atom is -0.393 e. The number of nitrogens with zero attached hydrogens (tertiary/aromatic N) is 4. The number of rotatable bonds is 5. The third-order valence-corrected chi connectivity index (χ3v) is 5.87. The van der Waals surface area contributed by atoms with Crippen LogP contribution in [0.25, 0.3) is 11.1 Å². The van der Waals surface area contributed by atoms with Crippen LogP contribution in [-0.4, -0.2) is 43.2 Å². The van der Waals surface area contributed by atoms with Crippen LogP contribution in [0, 0.1) is 12.8 Å². The van der Waals surface area contributed by atoms with E-state index in [1.165, 1.54) is 0 Å². The largest absolute Gasteiger partial charge is 0.433 e. The molecule has 1 aliphatic rings. The molecule has 0 spiro atoms. The topological polar surface area (TPSA) is 85.1 Å². The van der Waals surface area contributed by atoms with Gasteiger partial charge in [0.2, 0.25) is 5.95 Å². The summed E-state index contributed by atoms with van der Waals surface area (Å²) >= 11 is 0. The zero-order chi connectivity index (χ0) is 23.8. The molecule has 2 aromatic heterocycles. The molecule has 2 atom stereocenters. The summed E-state index contributed by atoms with van der Waals surface area (Å²) in [6.45, 7) is 6.87. The first-order chi connectivity index (χ1) is 15.5. The molecule has 0 radical (unpaired) electrons. The highest BCUT2D eigenvalue weighted by molar-refractivity contribution is 5.70. The average Bonchev–Trinajstić information content (AvgIpc) is 3.19. The molecule has 33 heavy (non-hydrogen) atoms. The van der Waals surface area contributed by atoms with Crippen molar-refractivity contribution in [2.45, 2.75) is 51.6 Å². The predicted molar refractivity (Wildman–Crippen MR) is 117 cm³/mol. The number of aromatic nitrogens is 4. The predicted octanol–water partition coefficient (Wildman–Crippen LogP) is 4.59. The lowest BCUT2D eigenvalue weighted by Gasteiger charge is -2.41. The molecule has 7 nitrogen and oxygen atoms in total. The number of benzene rings is 1. The molecule has 10 heteroatoms. The molecule has 1 fully saturated rings. The van der Waals surface area contributed by atoms with Gasteiger partial charge in [0.1, 0.15) is 5.69 Å². The first kappa shape index (κ1) is 23.2. The van der Waals surface area contributed by atoms with Gasteiger partial charge >= 0.3 is 6.18 Å². The fraction of sp³-hybridized carbons (Fsp3) is 0.435. The molecule has 1 unspecified atom stereocenters. The van der Waals surface area contributed by atoms with Gasteiger partial charge in [-0.3, -0.25) is 4.68 Å². The van der Waals surface area contributed by atoms with Gasteiger partial charge in [0.05, 0.1) is 17.9 Å². The minimum atomic E-state index is -4.54. The third kappa shape index (κ3) is 5.33. The van der Waals surface area contributed by atoms with Gasteiger partial charge in [-0.2, -0.15) is 18.3 Å². The van der Waals surface area contributed by atoms with E-state index < -0.39 is 23.6 Å². The van der Waals surface area contributed by atoms with Crippen molar-refractivity contribution in [3.8, 4) is 11.1 Å². The smallest absolute Gasteiger partial charge is 0.393 e. The summed E-state index contributed by atoms with van der Waals surface area (Å²) in [6.07, 6.45) is 0.260. The number of aliphatic hydroxyl groups excluding tert-OH is 1. The second-order valence-corrected chi connectivity index (χ2v) is 8.84. The first-order valence-corrected chi connectivity index (χ1v) is 10.6. The fourth-order valence-electron chi connectivity index (χ4n) is 4.10. The Kier molecular flexibility index (Phi) is 6.15. The second-order valence-electron chi connectivity index (χ2n) is 8.84. The molecule has 0 saturated carbocycles. The molecule has 3 heterocycles. The Morgan fingerprint density at radius 1 is 1.24 bits per heavy atom. The summed E-state index contributed by atoms with van der Waals surface area (Å²) in [6, 6.07) is 6.40. The van der Waals surface area contributed by atoms with Crippen molar-refractivity contribution in [3.63, 3.8) is 0 Å². The molecule has 0 bridgehead atoms. The fourth-order valence-corrected chi connectivity index (χ4v) is 4.10. The van der Waals surface area contributed by atoms with Gasteiger partial charge < -0.3 is 15.2 Å². The number of nitrogens with one attached hydrogen (secondary N) is 1. The molecule has 3 aromatic rings. The number of aliphatic hydroxyl groups is 1. The average molecular weight is 461 g/mol. The first-order valence-electron chi connectivity index (χ1n) is 10.6. The van der Waals surface area contributed by atoms with Crippen molar-refractivity contribution in [3.05, 3.63) is 54.1 Å². The Balaban J connectivity index is 1.55. The van der Waals surface area contributed by atoms with Crippen LogP contribution in [0.2, 0.25) is 0 Å². The quantitative estimate of drug-likeness (QED) is 0.578. The number of hydrogen-bond donors (Lipinski definition) is 2. The second kappa shape index (κ2) is 8.75. The van der Waals surface area contributed by atoms with Gasteiger partial charge in [-0.25, -0.2) is 9.97 Å². The van der Waals surface area contributed by atoms with Crippen molar-refractivity contribution in [2.24, 2.45) is 5.92 Å². The summed E-state index contributed by atoms with van der Waals surface area (Å²) in [5, 5.41) is 17.8. The van der Waals surface area contributed by atoms with Gasteiger partial charge in [0.15, 0.2) is 0 Å². The number of alkyl halides is 3. The van der Waals surface area contributed by atoms with Crippen LogP contribution in [0.15, 0.2) is 42.9 Å². The maximum Gasteiger partial charge on any atom is 0.433 e. The molecule has 0 aliphatic carbocycles. The molecule has 1 saturated heterocycles. The van der Waals surface area contributed by atoms with E-state index in [1.54, 1.807) is 23.0 Å². The van der Waals surface area contributed by atoms with Gasteiger partial charge in [0.25, 0.3) is 0 Å². The monoisotopic (exact) mass is 461 g/mol. The Morgan fingerprint density at radius 3 is 2.76 bits per heavy atom.